The smallest absolute Gasteiger partial charge is 0.320 e. The Balaban J connectivity index is 1.61. The van der Waals surface area contributed by atoms with Crippen molar-refractivity contribution in [2.45, 2.75) is 19.9 Å². The molecule has 0 saturated carbocycles. The van der Waals surface area contributed by atoms with Crippen LogP contribution in [0.25, 0.3) is 0 Å². The Hall–Kier alpha value is -3.81. The topological polar surface area (TPSA) is 52.6 Å². The van der Waals surface area contributed by atoms with E-state index in [0.717, 1.165) is 17.7 Å². The van der Waals surface area contributed by atoms with E-state index in [1.807, 2.05) is 6.92 Å². The zero-order valence-corrected chi connectivity index (χ0v) is 17.9. The van der Waals surface area contributed by atoms with Crippen molar-refractivity contribution in [3.63, 3.8) is 0 Å². The first-order valence-corrected chi connectivity index (χ1v) is 10.5. The van der Waals surface area contributed by atoms with Gasteiger partial charge in [0.1, 0.15) is 17.5 Å². The number of carbonyl (C=O) groups excluding carboxylic acids is 2. The van der Waals surface area contributed by atoms with Crippen LogP contribution in [0.4, 0.5) is 29.3 Å². The number of amides is 3. The molecule has 0 unspecified atom stereocenters. The van der Waals surface area contributed by atoms with Crippen molar-refractivity contribution in [3.8, 4) is 0 Å². The predicted octanol–water partition coefficient (Wildman–Crippen LogP) is 5.50. The van der Waals surface area contributed by atoms with E-state index in [4.69, 9.17) is 0 Å². The highest BCUT2D eigenvalue weighted by molar-refractivity contribution is 6.07. The Bertz CT molecular complexity index is 1200. The molecule has 3 aromatic rings. The molecule has 170 valence electrons. The summed E-state index contributed by atoms with van der Waals surface area (Å²) >= 11 is 0. The van der Waals surface area contributed by atoms with Gasteiger partial charge in [0.2, 0.25) is 0 Å². The highest BCUT2D eigenvalue weighted by atomic mass is 19.1. The molecule has 0 aliphatic carbocycles. The molecule has 4 rings (SSSR count). The summed E-state index contributed by atoms with van der Waals surface area (Å²) in [6.07, 6.45) is 0.566. The summed E-state index contributed by atoms with van der Waals surface area (Å²) < 4.78 is 42.3. The van der Waals surface area contributed by atoms with Crippen LogP contribution in [0, 0.1) is 24.4 Å². The van der Waals surface area contributed by atoms with Gasteiger partial charge in [-0.1, -0.05) is 24.3 Å². The van der Waals surface area contributed by atoms with Gasteiger partial charge in [0.25, 0.3) is 5.91 Å². The number of hydrogen-bond acceptors (Lipinski definition) is 2. The van der Waals surface area contributed by atoms with Crippen LogP contribution in [0.2, 0.25) is 0 Å². The van der Waals surface area contributed by atoms with E-state index in [0.29, 0.717) is 30.9 Å². The maximum atomic E-state index is 14.1. The number of halogens is 3. The SMILES string of the molecule is Cc1ccc(N2CCCN(Cc3c(F)cccc3F)C2=O)c(NC(=O)c2ccccc2F)c1. The molecule has 1 heterocycles. The summed E-state index contributed by atoms with van der Waals surface area (Å²) in [6.45, 7) is 2.32. The van der Waals surface area contributed by atoms with Gasteiger partial charge in [0.05, 0.1) is 23.5 Å². The molecule has 8 heteroatoms. The normalized spacial score (nSPS) is 13.9. The first-order valence-electron chi connectivity index (χ1n) is 10.5. The molecule has 1 aliphatic rings. The van der Waals surface area contributed by atoms with E-state index in [1.54, 1.807) is 24.3 Å². The van der Waals surface area contributed by atoms with Crippen molar-refractivity contribution in [1.82, 2.24) is 4.90 Å². The molecule has 3 amide bonds. The third-order valence-corrected chi connectivity index (χ3v) is 5.53. The van der Waals surface area contributed by atoms with Gasteiger partial charge in [-0.3, -0.25) is 9.69 Å². The number of anilines is 2. The Morgan fingerprint density at radius 2 is 1.64 bits per heavy atom. The molecule has 0 bridgehead atoms. The quantitative estimate of drug-likeness (QED) is 0.555. The molecule has 3 aromatic carbocycles. The second kappa shape index (κ2) is 9.36. The highest BCUT2D eigenvalue weighted by Gasteiger charge is 2.30. The van der Waals surface area contributed by atoms with Crippen molar-refractivity contribution >= 4 is 23.3 Å². The zero-order chi connectivity index (χ0) is 23.5. The minimum Gasteiger partial charge on any atom is -0.320 e. The molecule has 0 aromatic heterocycles. The molecule has 5 nitrogen and oxygen atoms in total. The third kappa shape index (κ3) is 4.69. The van der Waals surface area contributed by atoms with Gasteiger partial charge in [-0.05, 0) is 55.3 Å². The predicted molar refractivity (Wildman–Crippen MR) is 120 cm³/mol. The molecular weight excluding hydrogens is 431 g/mol. The summed E-state index contributed by atoms with van der Waals surface area (Å²) in [7, 11) is 0. The number of carbonyl (C=O) groups is 2. The summed E-state index contributed by atoms with van der Waals surface area (Å²) in [5, 5.41) is 2.70. The van der Waals surface area contributed by atoms with Gasteiger partial charge in [-0.2, -0.15) is 0 Å². The molecule has 1 saturated heterocycles. The van der Waals surface area contributed by atoms with Crippen molar-refractivity contribution in [2.24, 2.45) is 0 Å². The van der Waals surface area contributed by atoms with Crippen LogP contribution in [0.1, 0.15) is 27.9 Å². The zero-order valence-electron chi connectivity index (χ0n) is 17.9. The summed E-state index contributed by atoms with van der Waals surface area (Å²) in [5.41, 5.74) is 1.30. The van der Waals surface area contributed by atoms with E-state index in [1.165, 1.54) is 34.1 Å². The first kappa shape index (κ1) is 22.4. The van der Waals surface area contributed by atoms with Crippen LogP contribution >= 0.6 is 0 Å². The lowest BCUT2D eigenvalue weighted by Gasteiger charge is -2.36. The molecule has 0 spiro atoms. The fourth-order valence-electron chi connectivity index (χ4n) is 3.85. The average molecular weight is 453 g/mol. The van der Waals surface area contributed by atoms with E-state index < -0.39 is 29.4 Å². The minimum atomic E-state index is -0.715. The van der Waals surface area contributed by atoms with Gasteiger partial charge in [0, 0.05) is 18.7 Å². The highest BCUT2D eigenvalue weighted by Crippen LogP contribution is 2.31. The Labute approximate surface area is 189 Å². The average Bonchev–Trinajstić information content (AvgIpc) is 2.78. The number of benzene rings is 3. The van der Waals surface area contributed by atoms with Crippen molar-refractivity contribution in [3.05, 3.63) is 94.8 Å². The Morgan fingerprint density at radius 1 is 0.939 bits per heavy atom. The number of nitrogens with zero attached hydrogens (tertiary/aromatic N) is 2. The second-order valence-electron chi connectivity index (χ2n) is 7.86. The van der Waals surface area contributed by atoms with Gasteiger partial charge < -0.3 is 10.2 Å². The van der Waals surface area contributed by atoms with Gasteiger partial charge in [-0.25, -0.2) is 18.0 Å². The van der Waals surface area contributed by atoms with E-state index in [-0.39, 0.29) is 17.7 Å². The molecule has 33 heavy (non-hydrogen) atoms. The van der Waals surface area contributed by atoms with E-state index in [2.05, 4.69) is 5.32 Å². The van der Waals surface area contributed by atoms with Crippen LogP contribution in [0.3, 0.4) is 0 Å². The van der Waals surface area contributed by atoms with Crippen LogP contribution in [0.15, 0.2) is 60.7 Å². The summed E-state index contributed by atoms with van der Waals surface area (Å²) in [5.74, 6) is -2.73. The lowest BCUT2D eigenvalue weighted by Crippen LogP contribution is -2.49. The molecule has 1 N–H and O–H groups in total. The first-order chi connectivity index (χ1) is 15.8. The van der Waals surface area contributed by atoms with Gasteiger partial charge >= 0.3 is 6.03 Å². The number of aryl methyl sites for hydroxylation is 1. The van der Waals surface area contributed by atoms with Crippen LogP contribution in [-0.4, -0.2) is 29.9 Å². The van der Waals surface area contributed by atoms with Crippen LogP contribution in [-0.2, 0) is 6.54 Å². The number of urea groups is 1. The standard InChI is InChI=1S/C25H22F3N3O2/c1-16-10-11-23(22(14-16)29-24(32)17-6-2-3-7-19(17)26)31-13-5-12-30(25(31)33)15-18-20(27)8-4-9-21(18)28/h2-4,6-11,14H,5,12-13,15H2,1H3,(H,29,32). The lowest BCUT2D eigenvalue weighted by molar-refractivity contribution is 0.102. The second-order valence-corrected chi connectivity index (χ2v) is 7.86. The Kier molecular flexibility index (Phi) is 6.35. The number of nitrogens with one attached hydrogen (secondary N) is 1. The molecule has 1 aliphatic heterocycles. The monoisotopic (exact) mass is 453 g/mol. The van der Waals surface area contributed by atoms with Crippen molar-refractivity contribution < 1.29 is 22.8 Å². The largest absolute Gasteiger partial charge is 0.324 e. The summed E-state index contributed by atoms with van der Waals surface area (Å²) in [4.78, 5) is 28.8. The number of rotatable bonds is 5. The summed E-state index contributed by atoms with van der Waals surface area (Å²) in [6, 6.07) is 13.9. The minimum absolute atomic E-state index is 0.119. The molecule has 0 radical (unpaired) electrons. The van der Waals surface area contributed by atoms with Gasteiger partial charge in [-0.15, -0.1) is 0 Å². The third-order valence-electron chi connectivity index (χ3n) is 5.53. The molecular formula is C25H22F3N3O2. The van der Waals surface area contributed by atoms with Crippen LogP contribution < -0.4 is 10.2 Å². The van der Waals surface area contributed by atoms with Crippen molar-refractivity contribution in [2.75, 3.05) is 23.3 Å². The Morgan fingerprint density at radius 3 is 2.36 bits per heavy atom. The fourth-order valence-corrected chi connectivity index (χ4v) is 3.85. The number of hydrogen-bond donors (Lipinski definition) is 1. The van der Waals surface area contributed by atoms with Gasteiger partial charge in [0.15, 0.2) is 0 Å². The maximum Gasteiger partial charge on any atom is 0.324 e. The van der Waals surface area contributed by atoms with Crippen LogP contribution in [0.5, 0.6) is 0 Å². The van der Waals surface area contributed by atoms with E-state index >= 15 is 0 Å². The lowest BCUT2D eigenvalue weighted by atomic mass is 10.1. The van der Waals surface area contributed by atoms with E-state index in [9.17, 15) is 22.8 Å². The molecule has 0 atom stereocenters. The van der Waals surface area contributed by atoms with Crippen molar-refractivity contribution in [1.29, 1.82) is 0 Å². The fraction of sp³-hybridized carbons (Fsp3) is 0.200. The maximum absolute atomic E-state index is 14.1. The molecule has 1 fully saturated rings.